The second kappa shape index (κ2) is 8.01. The number of methoxy groups -OCH3 is 3. The summed E-state index contributed by atoms with van der Waals surface area (Å²) in [6, 6.07) is 9.42. The molecular formula is C19H18O6. The van der Waals surface area contributed by atoms with E-state index in [1.807, 2.05) is 0 Å². The molecule has 6 nitrogen and oxygen atoms in total. The Morgan fingerprint density at radius 2 is 1.56 bits per heavy atom. The van der Waals surface area contributed by atoms with Crippen molar-refractivity contribution in [1.29, 1.82) is 0 Å². The molecule has 0 bridgehead atoms. The molecule has 2 aromatic carbocycles. The van der Waals surface area contributed by atoms with Gasteiger partial charge in [0.1, 0.15) is 0 Å². The molecule has 0 aromatic heterocycles. The molecule has 0 unspecified atom stereocenters. The first-order valence-electron chi connectivity index (χ1n) is 7.36. The van der Waals surface area contributed by atoms with Crippen molar-refractivity contribution >= 4 is 17.8 Å². The quantitative estimate of drug-likeness (QED) is 0.614. The zero-order valence-corrected chi connectivity index (χ0v) is 14.1. The summed E-state index contributed by atoms with van der Waals surface area (Å²) in [5.74, 6) is -0.135. The Bertz CT molecular complexity index is 797. The van der Waals surface area contributed by atoms with Crippen molar-refractivity contribution in [2.75, 3.05) is 21.3 Å². The van der Waals surface area contributed by atoms with Gasteiger partial charge in [-0.3, -0.25) is 4.79 Å². The minimum atomic E-state index is -1.02. The molecule has 0 spiro atoms. The lowest BCUT2D eigenvalue weighted by atomic mass is 10.1. The number of benzene rings is 2. The molecule has 0 aliphatic heterocycles. The smallest absolute Gasteiger partial charge is 0.335 e. The summed E-state index contributed by atoms with van der Waals surface area (Å²) in [5, 5.41) is 9.00. The summed E-state index contributed by atoms with van der Waals surface area (Å²) >= 11 is 0. The van der Waals surface area contributed by atoms with Crippen molar-refractivity contribution in [3.8, 4) is 17.2 Å². The van der Waals surface area contributed by atoms with Crippen LogP contribution in [0.15, 0.2) is 42.5 Å². The second-order valence-corrected chi connectivity index (χ2v) is 5.04. The van der Waals surface area contributed by atoms with Gasteiger partial charge in [-0.25, -0.2) is 4.79 Å². The molecule has 0 saturated heterocycles. The highest BCUT2D eigenvalue weighted by molar-refractivity contribution is 6.07. The Morgan fingerprint density at radius 1 is 0.920 bits per heavy atom. The van der Waals surface area contributed by atoms with Crippen LogP contribution in [0.1, 0.15) is 26.3 Å². The molecule has 25 heavy (non-hydrogen) atoms. The fraction of sp³-hybridized carbons (Fsp3) is 0.158. The van der Waals surface area contributed by atoms with Gasteiger partial charge in [0, 0.05) is 5.56 Å². The number of carboxylic acids is 1. The second-order valence-electron chi connectivity index (χ2n) is 5.04. The van der Waals surface area contributed by atoms with Gasteiger partial charge < -0.3 is 19.3 Å². The van der Waals surface area contributed by atoms with Crippen LogP contribution in [0.4, 0.5) is 0 Å². The summed E-state index contributed by atoms with van der Waals surface area (Å²) in [4.78, 5) is 23.4. The number of rotatable bonds is 7. The number of carboxylic acid groups (broad SMARTS) is 1. The molecule has 0 aliphatic carbocycles. The predicted octanol–water partition coefficient (Wildman–Crippen LogP) is 3.31. The van der Waals surface area contributed by atoms with Gasteiger partial charge >= 0.3 is 5.97 Å². The van der Waals surface area contributed by atoms with Crippen LogP contribution in [0.25, 0.3) is 6.08 Å². The first kappa shape index (κ1) is 18.1. The lowest BCUT2D eigenvalue weighted by Gasteiger charge is -2.13. The number of carbonyl (C=O) groups is 2. The Balaban J connectivity index is 2.31. The van der Waals surface area contributed by atoms with Crippen LogP contribution in [0.3, 0.4) is 0 Å². The highest BCUT2D eigenvalue weighted by Gasteiger charge is 2.15. The molecule has 0 heterocycles. The number of ketones is 1. The summed E-state index contributed by atoms with van der Waals surface area (Å²) in [6.07, 6.45) is 2.92. The molecular weight excluding hydrogens is 324 g/mol. The van der Waals surface area contributed by atoms with E-state index in [1.165, 1.54) is 39.5 Å². The van der Waals surface area contributed by atoms with E-state index < -0.39 is 5.97 Å². The Morgan fingerprint density at radius 3 is 2.08 bits per heavy atom. The van der Waals surface area contributed by atoms with Gasteiger partial charge in [-0.15, -0.1) is 0 Å². The summed E-state index contributed by atoms with van der Waals surface area (Å²) in [6.45, 7) is 0. The Kier molecular flexibility index (Phi) is 5.79. The molecule has 0 aliphatic rings. The molecule has 0 fully saturated rings. The van der Waals surface area contributed by atoms with Gasteiger partial charge in [-0.2, -0.15) is 0 Å². The van der Waals surface area contributed by atoms with Crippen molar-refractivity contribution in [3.05, 3.63) is 59.2 Å². The fourth-order valence-corrected chi connectivity index (χ4v) is 2.27. The predicted molar refractivity (Wildman–Crippen MR) is 92.9 cm³/mol. The fourth-order valence-electron chi connectivity index (χ4n) is 2.27. The lowest BCUT2D eigenvalue weighted by Crippen LogP contribution is -2.00. The molecule has 0 amide bonds. The van der Waals surface area contributed by atoms with Crippen molar-refractivity contribution in [3.63, 3.8) is 0 Å². The molecule has 2 rings (SSSR count). The van der Waals surface area contributed by atoms with E-state index in [4.69, 9.17) is 19.3 Å². The van der Waals surface area contributed by atoms with Gasteiger partial charge in [-0.05, 0) is 35.9 Å². The van der Waals surface area contributed by atoms with Crippen LogP contribution in [0.2, 0.25) is 0 Å². The van der Waals surface area contributed by atoms with Crippen LogP contribution >= 0.6 is 0 Å². The topological polar surface area (TPSA) is 82.1 Å². The standard InChI is InChI=1S/C19H18O6/c1-23-16-10-14(11-17(24-2)18(16)25-3)15(20)8-7-12-5-4-6-13(9-12)19(21)22/h4-11H,1-3H3,(H,21,22). The van der Waals surface area contributed by atoms with Gasteiger partial charge in [0.05, 0.1) is 26.9 Å². The van der Waals surface area contributed by atoms with E-state index in [1.54, 1.807) is 30.3 Å². The third-order valence-electron chi connectivity index (χ3n) is 3.51. The molecule has 0 saturated carbocycles. The van der Waals surface area contributed by atoms with Crippen LogP contribution in [0, 0.1) is 0 Å². The van der Waals surface area contributed by atoms with E-state index in [2.05, 4.69) is 0 Å². The van der Waals surface area contributed by atoms with Crippen LogP contribution in [-0.4, -0.2) is 38.2 Å². The van der Waals surface area contributed by atoms with E-state index in [0.717, 1.165) is 0 Å². The molecule has 6 heteroatoms. The molecule has 0 radical (unpaired) electrons. The number of hydrogen-bond acceptors (Lipinski definition) is 5. The van der Waals surface area contributed by atoms with Gasteiger partial charge in [0.25, 0.3) is 0 Å². The molecule has 130 valence electrons. The van der Waals surface area contributed by atoms with Crippen molar-refractivity contribution in [2.24, 2.45) is 0 Å². The van der Waals surface area contributed by atoms with E-state index in [0.29, 0.717) is 28.4 Å². The summed E-state index contributed by atoms with van der Waals surface area (Å²) in [5.41, 5.74) is 1.13. The maximum Gasteiger partial charge on any atom is 0.335 e. The normalized spacial score (nSPS) is 10.5. The SMILES string of the molecule is COc1cc(C(=O)C=Cc2cccc(C(=O)O)c2)cc(OC)c1OC. The Labute approximate surface area is 145 Å². The summed E-state index contributed by atoms with van der Waals surface area (Å²) in [7, 11) is 4.43. The number of ether oxygens (including phenoxy) is 3. The number of carbonyl (C=O) groups excluding carboxylic acids is 1. The largest absolute Gasteiger partial charge is 0.493 e. The third kappa shape index (κ3) is 4.17. The van der Waals surface area contributed by atoms with E-state index >= 15 is 0 Å². The first-order chi connectivity index (χ1) is 12.0. The lowest BCUT2D eigenvalue weighted by molar-refractivity contribution is 0.0696. The van der Waals surface area contributed by atoms with Crippen LogP contribution in [-0.2, 0) is 0 Å². The van der Waals surface area contributed by atoms with Gasteiger partial charge in [-0.1, -0.05) is 18.2 Å². The van der Waals surface area contributed by atoms with E-state index in [-0.39, 0.29) is 11.3 Å². The highest BCUT2D eigenvalue weighted by Crippen LogP contribution is 2.38. The zero-order chi connectivity index (χ0) is 18.4. The maximum atomic E-state index is 12.4. The molecule has 2 aromatic rings. The minimum Gasteiger partial charge on any atom is -0.493 e. The zero-order valence-electron chi connectivity index (χ0n) is 14.1. The highest BCUT2D eigenvalue weighted by atomic mass is 16.5. The first-order valence-corrected chi connectivity index (χ1v) is 7.36. The van der Waals surface area contributed by atoms with Gasteiger partial charge in [0.15, 0.2) is 17.3 Å². The van der Waals surface area contributed by atoms with Gasteiger partial charge in [0.2, 0.25) is 5.75 Å². The van der Waals surface area contributed by atoms with Crippen molar-refractivity contribution in [1.82, 2.24) is 0 Å². The van der Waals surface area contributed by atoms with E-state index in [9.17, 15) is 9.59 Å². The summed E-state index contributed by atoms with van der Waals surface area (Å²) < 4.78 is 15.7. The third-order valence-corrected chi connectivity index (χ3v) is 3.51. The minimum absolute atomic E-state index is 0.155. The van der Waals surface area contributed by atoms with Crippen LogP contribution < -0.4 is 14.2 Å². The monoisotopic (exact) mass is 342 g/mol. The average Bonchev–Trinajstić information content (AvgIpc) is 2.64. The molecule has 1 N–H and O–H groups in total. The number of hydrogen-bond donors (Lipinski definition) is 1. The Hall–Kier alpha value is -3.28. The number of allylic oxidation sites excluding steroid dienone is 1. The maximum absolute atomic E-state index is 12.4. The molecule has 0 atom stereocenters. The van der Waals surface area contributed by atoms with Crippen LogP contribution in [0.5, 0.6) is 17.2 Å². The van der Waals surface area contributed by atoms with Crippen molar-refractivity contribution in [2.45, 2.75) is 0 Å². The average molecular weight is 342 g/mol. The number of aromatic carboxylic acids is 1. The van der Waals surface area contributed by atoms with Crippen molar-refractivity contribution < 1.29 is 28.9 Å².